The third kappa shape index (κ3) is 29.4. The number of carbonyl (C=O) groups excluding carboxylic acids is 12. The van der Waals surface area contributed by atoms with Gasteiger partial charge in [-0.2, -0.15) is 23.5 Å². The van der Waals surface area contributed by atoms with Crippen LogP contribution in [0.4, 0.5) is 0 Å². The van der Waals surface area contributed by atoms with Crippen LogP contribution in [0.15, 0.2) is 24.3 Å². The highest BCUT2D eigenvalue weighted by molar-refractivity contribution is 7.98. The first kappa shape index (κ1) is 93.9. The van der Waals surface area contributed by atoms with Crippen molar-refractivity contribution in [3.63, 3.8) is 0 Å². The number of nitrogens with one attached hydrogen (secondary N) is 14. The van der Waals surface area contributed by atoms with Gasteiger partial charge in [0.1, 0.15) is 66.5 Å². The molecule has 21 N–H and O–H groups in total. The molecule has 5 fully saturated rings. The van der Waals surface area contributed by atoms with Crippen molar-refractivity contribution < 1.29 is 87.9 Å². The minimum atomic E-state index is -1.78. The largest absolute Gasteiger partial charge is 0.481 e. The van der Waals surface area contributed by atoms with Crippen LogP contribution < -0.4 is 80.2 Å². The van der Waals surface area contributed by atoms with Gasteiger partial charge in [0, 0.05) is 62.2 Å². The number of nitrogens with zero attached hydrogens (tertiary/aromatic N) is 1. The van der Waals surface area contributed by atoms with Crippen LogP contribution in [0.25, 0.3) is 0 Å². The van der Waals surface area contributed by atoms with Crippen LogP contribution >= 0.6 is 23.5 Å². The van der Waals surface area contributed by atoms with Crippen molar-refractivity contribution in [3.8, 4) is 0 Å². The molecule has 2 aliphatic carbocycles. The molecule has 3 saturated heterocycles. The second-order valence-electron chi connectivity index (χ2n) is 33.0. The topological polar surface area (TPSA) is 521 Å². The Morgan fingerprint density at radius 1 is 0.570 bits per heavy atom. The lowest BCUT2D eigenvalue weighted by Crippen LogP contribution is -2.63. The SMILES string of the molecule is CCC[C@@H]1NC(=O)[C@H](CC2CCC(O)CC2)NC(=O)[C@H](CCC(=O)O)N(C)C(=O)[C@H](CCC)NC(=O)[C@H](CC2CNC3NCCCC23)NC(=O)[C@H]([C@@H](C)O)NC(=O)[C@H](CC2CNCN2)NC(=O)[C@H](CC2CCC(O)CC2)NC(=O)[C@H](C(C)(C)C)NC(=O)CCSCc2cccc(c2)CSC[C@@H](C(N)=O)NC(=O)[C@H]([C@@H](C)O)NC1=O. The summed E-state index contributed by atoms with van der Waals surface area (Å²) in [6, 6.07) is -8.83. The molecule has 17 atom stereocenters. The van der Waals surface area contributed by atoms with E-state index in [1.54, 1.807) is 34.6 Å². The summed E-state index contributed by atoms with van der Waals surface area (Å²) in [5.74, 6) is -11.0. The summed E-state index contributed by atoms with van der Waals surface area (Å²) < 4.78 is 0. The summed E-state index contributed by atoms with van der Waals surface area (Å²) in [6.07, 6.45) is -0.0396. The quantitative estimate of drug-likeness (QED) is 0.0814. The van der Waals surface area contributed by atoms with E-state index in [-0.39, 0.29) is 87.0 Å². The monoisotopic (exact) mass is 1640 g/mol. The first-order valence-corrected chi connectivity index (χ1v) is 43.1. The van der Waals surface area contributed by atoms with Gasteiger partial charge in [-0.3, -0.25) is 62.3 Å². The number of aliphatic hydroxyl groups is 4. The summed E-state index contributed by atoms with van der Waals surface area (Å²) in [6.45, 7) is 13.1. The molecule has 36 heteroatoms. The van der Waals surface area contributed by atoms with Crippen LogP contribution in [0, 0.1) is 29.1 Å². The molecular formula is C78H128N16O18S2. The molecule has 0 aromatic heterocycles. The Balaban J connectivity index is 1.24. The number of carboxylic acid groups (broad SMARTS) is 1. The van der Waals surface area contributed by atoms with Crippen LogP contribution in [-0.2, 0) is 73.8 Å². The van der Waals surface area contributed by atoms with Crippen LogP contribution in [0.1, 0.15) is 194 Å². The molecule has 1 aromatic rings. The fourth-order valence-corrected chi connectivity index (χ4v) is 17.9. The number of likely N-dealkylation sites (N-methyl/N-ethyl adjacent to an activating group) is 1. The smallest absolute Gasteiger partial charge is 0.303 e. The fraction of sp³-hybridized carbons (Fsp3) is 0.756. The normalized spacial score (nSPS) is 32.4. The van der Waals surface area contributed by atoms with Crippen molar-refractivity contribution in [2.45, 2.75) is 298 Å². The number of nitrogens with two attached hydrogens (primary N) is 1. The van der Waals surface area contributed by atoms with Crippen molar-refractivity contribution in [3.05, 3.63) is 35.4 Å². The lowest BCUT2D eigenvalue weighted by molar-refractivity contribution is -0.145. The Kier molecular flexibility index (Phi) is 37.9. The number of aliphatic hydroxyl groups excluding tert-OH is 4. The standard InChI is InChI=1S/C78H128N16O18S2/c1-9-13-53-68(103)92-64(43(4)96)75(110)90-59(66(79)102)40-114-39-47-16-11-15-46(31-47)38-113-30-28-61(99)91-65(78(5,6)7)76(111)89-56(33-45-20-24-51(98)25-21-45)70(105)86-58(35-49-37-80-41-83-49)72(107)93-63(42(3)95)74(109)88-57(34-48-36-82-67-52(48)17-12-29-81-67)71(106)85-54(14-10-2)77(112)94(8)60(26-27-62(100)101)73(108)87-55(69(104)84-53)32-44-18-22-50(97)23-19-44/h11,15-16,31,42-45,48-60,63-65,67,80-83,95-98H,9-10,12-14,17-30,32-41H2,1-8H3,(H2,79,102)(H,84,104)(H,85,106)(H,86,105)(H,87,108)(H,88,109)(H,89,111)(H,90,110)(H,91,99)(H,92,103)(H,93,107)(H,100,101)/t42-,43-,44?,45?,48?,49?,50?,51?,52?,53+,54+,55+,56+,57+,58+,59+,60+,63+,64+,65-,67?/m1/s1. The maximum absolute atomic E-state index is 15.3. The number of thioether (sulfide) groups is 2. The van der Waals surface area contributed by atoms with E-state index in [4.69, 9.17) is 5.73 Å². The average molecular weight is 1640 g/mol. The van der Waals surface area contributed by atoms with E-state index in [0.29, 0.717) is 94.8 Å². The van der Waals surface area contributed by atoms with Crippen LogP contribution in [0.5, 0.6) is 0 Å². The van der Waals surface area contributed by atoms with Gasteiger partial charge >= 0.3 is 5.97 Å². The number of rotatable bonds is 18. The first-order valence-electron chi connectivity index (χ1n) is 40.8. The van der Waals surface area contributed by atoms with E-state index >= 15 is 28.8 Å². The van der Waals surface area contributed by atoms with Crippen molar-refractivity contribution in [2.24, 2.45) is 34.8 Å². The van der Waals surface area contributed by atoms with Crippen LogP contribution in [0.2, 0.25) is 0 Å². The highest BCUT2D eigenvalue weighted by Crippen LogP contribution is 2.34. The number of piperidine rings is 1. The Morgan fingerprint density at radius 2 is 1.07 bits per heavy atom. The molecule has 2 saturated carbocycles. The van der Waals surface area contributed by atoms with Crippen molar-refractivity contribution in [2.75, 3.05) is 44.9 Å². The maximum atomic E-state index is 15.3. The molecule has 34 nitrogen and oxygen atoms in total. The fourth-order valence-electron chi connectivity index (χ4n) is 16.0. The van der Waals surface area contributed by atoms with Crippen molar-refractivity contribution >= 4 is 100 Å². The molecule has 0 spiro atoms. The minimum absolute atomic E-state index is 0.00744. The second-order valence-corrected chi connectivity index (χ2v) is 35.1. The Bertz CT molecular complexity index is 3410. The van der Waals surface area contributed by atoms with Gasteiger partial charge in [0.2, 0.25) is 70.9 Å². The molecule has 114 heavy (non-hydrogen) atoms. The lowest BCUT2D eigenvalue weighted by atomic mass is 9.82. The van der Waals surface area contributed by atoms with Gasteiger partial charge in [0.05, 0.1) is 30.6 Å². The number of primary amides is 1. The molecule has 640 valence electrons. The van der Waals surface area contributed by atoms with Crippen LogP contribution in [-0.4, -0.2) is 255 Å². The molecular weight excluding hydrogens is 1510 g/mol. The van der Waals surface area contributed by atoms with Gasteiger partial charge in [0.25, 0.3) is 0 Å². The number of carboxylic acids is 1. The van der Waals surface area contributed by atoms with Gasteiger partial charge in [-0.25, -0.2) is 0 Å². The van der Waals surface area contributed by atoms with Crippen molar-refractivity contribution in [1.29, 1.82) is 0 Å². The molecule has 6 aliphatic rings. The number of fused-ring (bicyclic) bond motifs is 3. The highest BCUT2D eigenvalue weighted by atomic mass is 32.2. The zero-order valence-corrected chi connectivity index (χ0v) is 69.0. The first-order chi connectivity index (χ1) is 54.1. The van der Waals surface area contributed by atoms with Gasteiger partial charge in [0.15, 0.2) is 0 Å². The Labute approximate surface area is 677 Å². The number of aliphatic carboxylic acids is 1. The van der Waals surface area contributed by atoms with E-state index < -0.39 is 192 Å². The van der Waals surface area contributed by atoms with E-state index in [2.05, 4.69) is 74.4 Å². The van der Waals surface area contributed by atoms with Crippen molar-refractivity contribution in [1.82, 2.24) is 79.3 Å². The summed E-state index contributed by atoms with van der Waals surface area (Å²) in [7, 11) is 1.25. The second kappa shape index (κ2) is 46.0. The van der Waals surface area contributed by atoms with Gasteiger partial charge in [-0.05, 0) is 176 Å². The highest BCUT2D eigenvalue weighted by Gasteiger charge is 2.45. The molecule has 4 unspecified atom stereocenters. The van der Waals surface area contributed by atoms with E-state index in [1.807, 2.05) is 24.3 Å². The molecule has 4 heterocycles. The van der Waals surface area contributed by atoms with Gasteiger partial charge < -0.3 is 111 Å². The summed E-state index contributed by atoms with van der Waals surface area (Å²) in [4.78, 5) is 189. The predicted octanol–water partition coefficient (Wildman–Crippen LogP) is -1.28. The molecule has 2 bridgehead atoms. The zero-order valence-electron chi connectivity index (χ0n) is 67.3. The molecule has 4 aliphatic heterocycles. The summed E-state index contributed by atoms with van der Waals surface area (Å²) >= 11 is 2.74. The number of benzene rings is 1. The van der Waals surface area contributed by atoms with E-state index in [1.165, 1.54) is 44.4 Å². The lowest BCUT2D eigenvalue weighted by Gasteiger charge is -2.34. The molecule has 7 rings (SSSR count). The van der Waals surface area contributed by atoms with Gasteiger partial charge in [-0.1, -0.05) is 71.7 Å². The third-order valence-electron chi connectivity index (χ3n) is 22.6. The van der Waals surface area contributed by atoms with E-state index in [0.717, 1.165) is 35.4 Å². The molecule has 1 aromatic carbocycles. The third-order valence-corrected chi connectivity index (χ3v) is 24.8. The molecule has 0 radical (unpaired) electrons. The molecule has 12 amide bonds. The predicted molar refractivity (Wildman–Crippen MR) is 428 cm³/mol. The zero-order chi connectivity index (χ0) is 83.5. The summed E-state index contributed by atoms with van der Waals surface area (Å²) in [5, 5.41) is 94.5. The number of carbonyl (C=O) groups is 13. The number of hydrogen-bond donors (Lipinski definition) is 20. The minimum Gasteiger partial charge on any atom is -0.481 e. The van der Waals surface area contributed by atoms with Gasteiger partial charge in [-0.15, -0.1) is 0 Å². The number of amides is 12. The van der Waals surface area contributed by atoms with E-state index in [9.17, 15) is 59.1 Å². The van der Waals surface area contributed by atoms with Crippen LogP contribution in [0.3, 0.4) is 0 Å². The Hall–Kier alpha value is -7.29. The summed E-state index contributed by atoms with van der Waals surface area (Å²) in [5.41, 5.74) is 6.68. The Morgan fingerprint density at radius 3 is 1.61 bits per heavy atom. The number of hydrogen-bond acceptors (Lipinski definition) is 23. The maximum Gasteiger partial charge on any atom is 0.303 e. The average Bonchev–Trinajstić information content (AvgIpc) is 1.59.